The van der Waals surface area contributed by atoms with Crippen molar-refractivity contribution in [2.45, 2.75) is 45.4 Å². The highest BCUT2D eigenvalue weighted by Crippen LogP contribution is 2.40. The maximum absolute atomic E-state index is 6.07. The van der Waals surface area contributed by atoms with Gasteiger partial charge < -0.3 is 4.90 Å². The van der Waals surface area contributed by atoms with Crippen molar-refractivity contribution in [1.29, 1.82) is 0 Å². The molecule has 1 aromatic rings. The van der Waals surface area contributed by atoms with Crippen LogP contribution in [0.25, 0.3) is 0 Å². The summed E-state index contributed by atoms with van der Waals surface area (Å²) in [6.45, 7) is 6.98. The molecule has 0 amide bonds. The summed E-state index contributed by atoms with van der Waals surface area (Å²) in [5.41, 5.74) is 3.12. The predicted molar refractivity (Wildman–Crippen MR) is 88.2 cm³/mol. The van der Waals surface area contributed by atoms with E-state index in [9.17, 15) is 0 Å². The highest BCUT2D eigenvalue weighted by atomic mass is 79.9. The number of anilines is 1. The van der Waals surface area contributed by atoms with Crippen LogP contribution < -0.4 is 4.90 Å². The van der Waals surface area contributed by atoms with Crippen molar-refractivity contribution in [3.8, 4) is 0 Å². The quantitative estimate of drug-likeness (QED) is 0.643. The molecule has 0 radical (unpaired) electrons. The molecule has 0 unspecified atom stereocenters. The van der Waals surface area contributed by atoms with E-state index in [0.717, 1.165) is 17.6 Å². The Balaban J connectivity index is 2.15. The molecule has 0 aliphatic carbocycles. The molecule has 1 aromatic carbocycles. The van der Waals surface area contributed by atoms with Crippen LogP contribution in [-0.4, -0.2) is 13.1 Å². The molecular weight excluding hydrogens is 322 g/mol. The van der Waals surface area contributed by atoms with E-state index >= 15 is 0 Å². The zero-order valence-electron chi connectivity index (χ0n) is 11.9. The minimum atomic E-state index is 0.573. The lowest BCUT2D eigenvalue weighted by molar-refractivity contribution is 0.199. The number of nitrogens with zero attached hydrogens (tertiary/aromatic N) is 1. The number of halogens is 2. The molecule has 1 aliphatic rings. The summed E-state index contributed by atoms with van der Waals surface area (Å²) in [5, 5.41) is 0. The van der Waals surface area contributed by atoms with Crippen LogP contribution in [0.4, 0.5) is 5.69 Å². The first-order valence-corrected chi connectivity index (χ1v) is 8.56. The van der Waals surface area contributed by atoms with E-state index in [2.05, 4.69) is 52.9 Å². The zero-order valence-corrected chi connectivity index (χ0v) is 14.2. The SMILES string of the molecule is CCC1(CC)CCN(c2cc(Br)ccc2CCl)CC1. The van der Waals surface area contributed by atoms with Crippen LogP contribution in [0, 0.1) is 5.41 Å². The Morgan fingerprint density at radius 2 is 1.84 bits per heavy atom. The third-order valence-electron chi connectivity index (χ3n) is 4.86. The Kier molecular flexibility index (Phi) is 5.19. The van der Waals surface area contributed by atoms with E-state index in [0.29, 0.717) is 11.3 Å². The zero-order chi connectivity index (χ0) is 13.9. The van der Waals surface area contributed by atoms with Gasteiger partial charge in [-0.1, -0.05) is 48.7 Å². The lowest BCUT2D eigenvalue weighted by Crippen LogP contribution is -2.40. The minimum absolute atomic E-state index is 0.573. The number of rotatable bonds is 4. The van der Waals surface area contributed by atoms with Crippen molar-refractivity contribution in [3.63, 3.8) is 0 Å². The van der Waals surface area contributed by atoms with Gasteiger partial charge in [-0.15, -0.1) is 11.6 Å². The second-order valence-electron chi connectivity index (χ2n) is 5.60. The molecule has 2 rings (SSSR count). The fourth-order valence-electron chi connectivity index (χ4n) is 3.12. The minimum Gasteiger partial charge on any atom is -0.371 e. The Hall–Kier alpha value is -0.210. The average Bonchev–Trinajstić information content (AvgIpc) is 2.47. The lowest BCUT2D eigenvalue weighted by atomic mass is 9.74. The molecule has 1 fully saturated rings. The van der Waals surface area contributed by atoms with Crippen molar-refractivity contribution in [1.82, 2.24) is 0 Å². The van der Waals surface area contributed by atoms with Gasteiger partial charge in [0.05, 0.1) is 0 Å². The fraction of sp³-hybridized carbons (Fsp3) is 0.625. The topological polar surface area (TPSA) is 3.24 Å². The predicted octanol–water partition coefficient (Wildman–Crippen LogP) is 5.59. The highest BCUT2D eigenvalue weighted by Gasteiger charge is 2.31. The van der Waals surface area contributed by atoms with Gasteiger partial charge in [-0.3, -0.25) is 0 Å². The molecule has 0 saturated carbocycles. The number of hydrogen-bond acceptors (Lipinski definition) is 1. The Bertz CT molecular complexity index is 419. The summed E-state index contributed by atoms with van der Waals surface area (Å²) in [5.74, 6) is 0.589. The summed E-state index contributed by atoms with van der Waals surface area (Å²) >= 11 is 9.64. The smallest absolute Gasteiger partial charge is 0.0494 e. The Labute approximate surface area is 130 Å². The second-order valence-corrected chi connectivity index (χ2v) is 6.78. The molecule has 19 heavy (non-hydrogen) atoms. The monoisotopic (exact) mass is 343 g/mol. The third-order valence-corrected chi connectivity index (χ3v) is 5.64. The van der Waals surface area contributed by atoms with Crippen molar-refractivity contribution in [3.05, 3.63) is 28.2 Å². The van der Waals surface area contributed by atoms with Gasteiger partial charge in [0.25, 0.3) is 0 Å². The summed E-state index contributed by atoms with van der Waals surface area (Å²) < 4.78 is 1.14. The van der Waals surface area contributed by atoms with Crippen LogP contribution >= 0.6 is 27.5 Å². The van der Waals surface area contributed by atoms with Crippen molar-refractivity contribution >= 4 is 33.2 Å². The van der Waals surface area contributed by atoms with E-state index < -0.39 is 0 Å². The van der Waals surface area contributed by atoms with Crippen LogP contribution in [0.2, 0.25) is 0 Å². The van der Waals surface area contributed by atoms with Crippen molar-refractivity contribution < 1.29 is 0 Å². The first kappa shape index (κ1) is 15.2. The lowest BCUT2D eigenvalue weighted by Gasteiger charge is -2.42. The molecule has 1 saturated heterocycles. The average molecular weight is 345 g/mol. The standard InChI is InChI=1S/C16H23BrClN/c1-3-16(4-2)7-9-19(10-8-16)15-11-14(17)6-5-13(15)12-18/h5-6,11H,3-4,7-10,12H2,1-2H3. The second kappa shape index (κ2) is 6.49. The van der Waals surface area contributed by atoms with E-state index in [4.69, 9.17) is 11.6 Å². The van der Waals surface area contributed by atoms with Gasteiger partial charge >= 0.3 is 0 Å². The molecule has 0 bridgehead atoms. The summed E-state index contributed by atoms with van der Waals surface area (Å²) in [6, 6.07) is 6.42. The number of piperidine rings is 1. The number of hydrogen-bond donors (Lipinski definition) is 0. The van der Waals surface area contributed by atoms with Crippen LogP contribution in [-0.2, 0) is 5.88 Å². The van der Waals surface area contributed by atoms with Gasteiger partial charge in [0.2, 0.25) is 0 Å². The third kappa shape index (κ3) is 3.28. The summed E-state index contributed by atoms with van der Waals surface area (Å²) in [6.07, 6.45) is 5.21. The van der Waals surface area contributed by atoms with Gasteiger partial charge in [-0.25, -0.2) is 0 Å². The molecule has 1 aliphatic heterocycles. The first-order chi connectivity index (χ1) is 9.14. The number of alkyl halides is 1. The van der Waals surface area contributed by atoms with Crippen LogP contribution in [0.1, 0.15) is 45.1 Å². The van der Waals surface area contributed by atoms with E-state index in [1.165, 1.54) is 36.9 Å². The van der Waals surface area contributed by atoms with Crippen LogP contribution in [0.3, 0.4) is 0 Å². The van der Waals surface area contributed by atoms with Gasteiger partial charge in [0.1, 0.15) is 0 Å². The summed E-state index contributed by atoms with van der Waals surface area (Å²) in [4.78, 5) is 2.51. The largest absolute Gasteiger partial charge is 0.371 e. The molecule has 3 heteroatoms. The Morgan fingerprint density at radius 1 is 1.21 bits per heavy atom. The van der Waals surface area contributed by atoms with Crippen molar-refractivity contribution in [2.75, 3.05) is 18.0 Å². The van der Waals surface area contributed by atoms with E-state index in [-0.39, 0.29) is 0 Å². The fourth-order valence-corrected chi connectivity index (χ4v) is 3.70. The maximum Gasteiger partial charge on any atom is 0.0494 e. The molecule has 1 nitrogen and oxygen atoms in total. The normalized spacial score (nSPS) is 18.6. The maximum atomic E-state index is 6.07. The van der Waals surface area contributed by atoms with Gasteiger partial charge in [0, 0.05) is 29.1 Å². The van der Waals surface area contributed by atoms with Crippen LogP contribution in [0.5, 0.6) is 0 Å². The molecule has 0 N–H and O–H groups in total. The molecule has 0 atom stereocenters. The molecule has 0 spiro atoms. The molecular formula is C16H23BrClN. The van der Waals surface area contributed by atoms with Crippen LogP contribution in [0.15, 0.2) is 22.7 Å². The van der Waals surface area contributed by atoms with Crippen molar-refractivity contribution in [2.24, 2.45) is 5.41 Å². The van der Waals surface area contributed by atoms with E-state index in [1.807, 2.05) is 0 Å². The Morgan fingerprint density at radius 3 is 2.37 bits per heavy atom. The highest BCUT2D eigenvalue weighted by molar-refractivity contribution is 9.10. The van der Waals surface area contributed by atoms with E-state index in [1.54, 1.807) is 0 Å². The van der Waals surface area contributed by atoms with Gasteiger partial charge in [-0.05, 0) is 36.0 Å². The van der Waals surface area contributed by atoms with Gasteiger partial charge in [0.15, 0.2) is 0 Å². The van der Waals surface area contributed by atoms with Gasteiger partial charge in [-0.2, -0.15) is 0 Å². The first-order valence-electron chi connectivity index (χ1n) is 7.23. The molecule has 0 aromatic heterocycles. The molecule has 106 valence electrons. The number of benzene rings is 1. The molecule has 1 heterocycles. The summed E-state index contributed by atoms with van der Waals surface area (Å²) in [7, 11) is 0.